The second kappa shape index (κ2) is 7.45. The van der Waals surface area contributed by atoms with Crippen LogP contribution >= 0.6 is 11.8 Å². The van der Waals surface area contributed by atoms with Gasteiger partial charge in [0.25, 0.3) is 0 Å². The molecule has 25 heavy (non-hydrogen) atoms. The Morgan fingerprint density at radius 3 is 2.28 bits per heavy atom. The van der Waals surface area contributed by atoms with Gasteiger partial charge in [-0.05, 0) is 36.4 Å². The molecule has 0 aliphatic carbocycles. The molecule has 4 rings (SSSR count). The number of benzene rings is 3. The summed E-state index contributed by atoms with van der Waals surface area (Å²) < 4.78 is 8.00. The van der Waals surface area contributed by atoms with Gasteiger partial charge in [0.05, 0.1) is 17.6 Å². The van der Waals surface area contributed by atoms with E-state index in [9.17, 15) is 0 Å². The summed E-state index contributed by atoms with van der Waals surface area (Å²) in [6.07, 6.45) is 0. The summed E-state index contributed by atoms with van der Waals surface area (Å²) in [5, 5.41) is 0.990. The average molecular weight is 346 g/mol. The van der Waals surface area contributed by atoms with Crippen LogP contribution < -0.4 is 4.74 Å². The largest absolute Gasteiger partial charge is 0.493 e. The summed E-state index contributed by atoms with van der Waals surface area (Å²) in [5.41, 5.74) is 3.26. The molecule has 1 heterocycles. The smallest absolute Gasteiger partial charge is 0.173 e. The molecule has 0 saturated carbocycles. The van der Waals surface area contributed by atoms with Gasteiger partial charge >= 0.3 is 0 Å². The molecule has 0 aliphatic rings. The fraction of sp³-hybridized carbons (Fsp3) is 0.0952. The van der Waals surface area contributed by atoms with E-state index in [-0.39, 0.29) is 0 Å². The molecule has 0 fully saturated rings. The molecule has 0 radical (unpaired) electrons. The van der Waals surface area contributed by atoms with Crippen molar-refractivity contribution < 1.29 is 4.74 Å². The molecule has 0 unspecified atom stereocenters. The fourth-order valence-electron chi connectivity index (χ4n) is 2.74. The maximum Gasteiger partial charge on any atom is 0.173 e. The van der Waals surface area contributed by atoms with E-state index < -0.39 is 0 Å². The number of thioether (sulfide) groups is 1. The molecule has 0 bridgehead atoms. The Kier molecular flexibility index (Phi) is 4.70. The number of nitrogens with zero attached hydrogens (tertiary/aromatic N) is 2. The molecular weight excluding hydrogens is 328 g/mol. The van der Waals surface area contributed by atoms with Crippen LogP contribution in [0, 0.1) is 0 Å². The zero-order valence-corrected chi connectivity index (χ0v) is 14.5. The highest BCUT2D eigenvalue weighted by atomic mass is 32.2. The first kappa shape index (κ1) is 15.8. The Balaban J connectivity index is 1.55. The molecule has 0 amide bonds. The van der Waals surface area contributed by atoms with Crippen LogP contribution in [0.5, 0.6) is 5.75 Å². The molecule has 0 saturated heterocycles. The summed E-state index contributed by atoms with van der Waals surface area (Å²) in [6, 6.07) is 28.5. The van der Waals surface area contributed by atoms with E-state index in [0.717, 1.165) is 33.4 Å². The summed E-state index contributed by atoms with van der Waals surface area (Å²) in [7, 11) is 0. The Morgan fingerprint density at radius 2 is 1.48 bits per heavy atom. The van der Waals surface area contributed by atoms with Gasteiger partial charge in [0.1, 0.15) is 5.75 Å². The highest BCUT2D eigenvalue weighted by molar-refractivity contribution is 7.99. The van der Waals surface area contributed by atoms with E-state index in [1.165, 1.54) is 0 Å². The zero-order valence-electron chi connectivity index (χ0n) is 13.7. The van der Waals surface area contributed by atoms with Crippen LogP contribution in [-0.4, -0.2) is 21.9 Å². The molecule has 4 aromatic rings. The van der Waals surface area contributed by atoms with Crippen LogP contribution in [0.4, 0.5) is 0 Å². The van der Waals surface area contributed by atoms with Gasteiger partial charge in [-0.25, -0.2) is 4.98 Å². The SMILES string of the molecule is c1ccc(OCCSc2nc3ccccc3n2-c2ccccc2)cc1. The first-order valence-electron chi connectivity index (χ1n) is 8.25. The summed E-state index contributed by atoms with van der Waals surface area (Å²) in [5.74, 6) is 1.74. The molecule has 0 N–H and O–H groups in total. The van der Waals surface area contributed by atoms with Gasteiger partial charge in [0, 0.05) is 11.4 Å². The van der Waals surface area contributed by atoms with Crippen LogP contribution in [0.15, 0.2) is 90.1 Å². The normalized spacial score (nSPS) is 10.9. The van der Waals surface area contributed by atoms with Crippen molar-refractivity contribution in [1.29, 1.82) is 0 Å². The standard InChI is InChI=1S/C21H18N2OS/c1-3-9-17(10-4-1)23-20-14-8-7-13-19(20)22-21(23)25-16-15-24-18-11-5-2-6-12-18/h1-14H,15-16H2. The lowest BCUT2D eigenvalue weighted by Crippen LogP contribution is -2.02. The van der Waals surface area contributed by atoms with Crippen LogP contribution in [0.2, 0.25) is 0 Å². The van der Waals surface area contributed by atoms with E-state index in [4.69, 9.17) is 9.72 Å². The van der Waals surface area contributed by atoms with Crippen molar-refractivity contribution in [3.8, 4) is 11.4 Å². The number of rotatable bonds is 6. The maximum absolute atomic E-state index is 5.79. The molecule has 3 nitrogen and oxygen atoms in total. The number of hydrogen-bond acceptors (Lipinski definition) is 3. The Bertz CT molecular complexity index is 951. The molecular formula is C21H18N2OS. The minimum absolute atomic E-state index is 0.646. The van der Waals surface area contributed by atoms with Gasteiger partial charge in [0.15, 0.2) is 5.16 Å². The lowest BCUT2D eigenvalue weighted by atomic mass is 10.3. The summed E-state index contributed by atoms with van der Waals surface area (Å²) >= 11 is 1.71. The van der Waals surface area contributed by atoms with Crippen molar-refractivity contribution in [2.24, 2.45) is 0 Å². The predicted octanol–water partition coefficient (Wildman–Crippen LogP) is 5.20. The number of para-hydroxylation sites is 4. The van der Waals surface area contributed by atoms with Crippen molar-refractivity contribution in [2.75, 3.05) is 12.4 Å². The molecule has 124 valence electrons. The summed E-state index contributed by atoms with van der Waals surface area (Å²) in [6.45, 7) is 0.646. The molecule has 0 spiro atoms. The minimum atomic E-state index is 0.646. The highest BCUT2D eigenvalue weighted by Crippen LogP contribution is 2.27. The first-order valence-corrected chi connectivity index (χ1v) is 9.24. The third-order valence-electron chi connectivity index (χ3n) is 3.87. The van der Waals surface area contributed by atoms with Crippen molar-refractivity contribution in [3.63, 3.8) is 0 Å². The van der Waals surface area contributed by atoms with Crippen LogP contribution in [0.1, 0.15) is 0 Å². The van der Waals surface area contributed by atoms with Crippen molar-refractivity contribution in [3.05, 3.63) is 84.9 Å². The lowest BCUT2D eigenvalue weighted by molar-refractivity contribution is 0.344. The Hall–Kier alpha value is -2.72. The van der Waals surface area contributed by atoms with E-state index in [1.54, 1.807) is 11.8 Å². The van der Waals surface area contributed by atoms with Gasteiger partial charge in [-0.2, -0.15) is 0 Å². The number of hydrogen-bond donors (Lipinski definition) is 0. The highest BCUT2D eigenvalue weighted by Gasteiger charge is 2.12. The number of ether oxygens (including phenoxy) is 1. The zero-order chi connectivity index (χ0) is 16.9. The van der Waals surface area contributed by atoms with Gasteiger partial charge in [0.2, 0.25) is 0 Å². The van der Waals surface area contributed by atoms with Gasteiger partial charge in [-0.1, -0.05) is 60.3 Å². The molecule has 1 aromatic heterocycles. The fourth-order valence-corrected chi connectivity index (χ4v) is 3.58. The van der Waals surface area contributed by atoms with Crippen LogP contribution in [-0.2, 0) is 0 Å². The van der Waals surface area contributed by atoms with E-state index in [0.29, 0.717) is 6.61 Å². The van der Waals surface area contributed by atoms with E-state index in [1.807, 2.05) is 42.5 Å². The second-order valence-corrected chi connectivity index (χ2v) is 6.63. The van der Waals surface area contributed by atoms with E-state index >= 15 is 0 Å². The molecule has 0 aliphatic heterocycles. The second-order valence-electron chi connectivity index (χ2n) is 5.56. The van der Waals surface area contributed by atoms with E-state index in [2.05, 4.69) is 47.0 Å². The monoisotopic (exact) mass is 346 g/mol. The Morgan fingerprint density at radius 1 is 0.800 bits per heavy atom. The van der Waals surface area contributed by atoms with Crippen molar-refractivity contribution in [2.45, 2.75) is 5.16 Å². The van der Waals surface area contributed by atoms with Gasteiger partial charge in [-0.15, -0.1) is 0 Å². The number of imidazole rings is 1. The average Bonchev–Trinajstić information content (AvgIpc) is 3.05. The summed E-state index contributed by atoms with van der Waals surface area (Å²) in [4.78, 5) is 4.80. The van der Waals surface area contributed by atoms with Crippen molar-refractivity contribution in [1.82, 2.24) is 9.55 Å². The minimum Gasteiger partial charge on any atom is -0.493 e. The maximum atomic E-state index is 5.79. The Labute approximate surface area is 151 Å². The lowest BCUT2D eigenvalue weighted by Gasteiger charge is -2.09. The third kappa shape index (κ3) is 3.54. The molecule has 4 heteroatoms. The topological polar surface area (TPSA) is 27.1 Å². The van der Waals surface area contributed by atoms with Crippen LogP contribution in [0.3, 0.4) is 0 Å². The quantitative estimate of drug-likeness (QED) is 0.355. The third-order valence-corrected chi connectivity index (χ3v) is 4.77. The first-order chi connectivity index (χ1) is 12.4. The predicted molar refractivity (Wildman–Crippen MR) is 104 cm³/mol. The van der Waals surface area contributed by atoms with Crippen LogP contribution in [0.25, 0.3) is 16.7 Å². The molecule has 0 atom stereocenters. The molecule has 3 aromatic carbocycles. The number of fused-ring (bicyclic) bond motifs is 1. The van der Waals surface area contributed by atoms with Gasteiger partial charge < -0.3 is 4.74 Å². The van der Waals surface area contributed by atoms with Crippen molar-refractivity contribution >= 4 is 22.8 Å². The van der Waals surface area contributed by atoms with Gasteiger partial charge in [-0.3, -0.25) is 4.57 Å². The number of aromatic nitrogens is 2.